The molecule has 0 unspecified atom stereocenters. The molecule has 0 aromatic heterocycles. The standard InChI is InChI=1S/C14H23BO3/c1-3-5-6-7-13(4-2)18-14-10-8-12(9-11-14)15(16)17/h8-11,13,16-17H,3-7H2,1-2H3/t13-/m0/s1. The quantitative estimate of drug-likeness (QED) is 0.548. The fourth-order valence-electron chi connectivity index (χ4n) is 1.88. The normalized spacial score (nSPS) is 12.2. The largest absolute Gasteiger partial charge is 0.490 e. The number of hydrogen-bond donors (Lipinski definition) is 2. The number of rotatable bonds is 8. The van der Waals surface area contributed by atoms with Crippen LogP contribution in [0.2, 0.25) is 0 Å². The third-order valence-electron chi connectivity index (χ3n) is 3.07. The van der Waals surface area contributed by atoms with E-state index in [-0.39, 0.29) is 6.10 Å². The van der Waals surface area contributed by atoms with Gasteiger partial charge in [-0.05, 0) is 36.9 Å². The van der Waals surface area contributed by atoms with E-state index in [4.69, 9.17) is 14.8 Å². The van der Waals surface area contributed by atoms with Crippen LogP contribution in [0.15, 0.2) is 24.3 Å². The summed E-state index contributed by atoms with van der Waals surface area (Å²) in [6, 6.07) is 6.94. The summed E-state index contributed by atoms with van der Waals surface area (Å²) in [7, 11) is -1.41. The van der Waals surface area contributed by atoms with Crippen LogP contribution in [-0.4, -0.2) is 23.3 Å². The Balaban J connectivity index is 2.48. The van der Waals surface area contributed by atoms with Gasteiger partial charge in [0.05, 0.1) is 6.10 Å². The molecule has 0 aliphatic heterocycles. The number of benzene rings is 1. The minimum absolute atomic E-state index is 0.251. The van der Waals surface area contributed by atoms with Crippen molar-refractivity contribution in [1.82, 2.24) is 0 Å². The van der Waals surface area contributed by atoms with Gasteiger partial charge in [-0.2, -0.15) is 0 Å². The predicted molar refractivity (Wildman–Crippen MR) is 75.1 cm³/mol. The van der Waals surface area contributed by atoms with Crippen molar-refractivity contribution in [3.8, 4) is 5.75 Å². The van der Waals surface area contributed by atoms with Crippen LogP contribution in [0.25, 0.3) is 0 Å². The van der Waals surface area contributed by atoms with Crippen LogP contribution < -0.4 is 10.2 Å². The van der Waals surface area contributed by atoms with E-state index in [0.717, 1.165) is 18.6 Å². The van der Waals surface area contributed by atoms with Gasteiger partial charge < -0.3 is 14.8 Å². The molecule has 100 valence electrons. The molecule has 3 nitrogen and oxygen atoms in total. The molecular weight excluding hydrogens is 227 g/mol. The molecule has 0 saturated carbocycles. The van der Waals surface area contributed by atoms with E-state index in [1.807, 2.05) is 0 Å². The van der Waals surface area contributed by atoms with Gasteiger partial charge in [0.15, 0.2) is 0 Å². The third-order valence-corrected chi connectivity index (χ3v) is 3.07. The molecule has 0 fully saturated rings. The van der Waals surface area contributed by atoms with E-state index in [9.17, 15) is 0 Å². The van der Waals surface area contributed by atoms with Crippen molar-refractivity contribution >= 4 is 12.6 Å². The SMILES string of the molecule is CCCCC[C@H](CC)Oc1ccc(B(O)O)cc1. The summed E-state index contributed by atoms with van der Waals surface area (Å²) in [4.78, 5) is 0. The molecule has 4 heteroatoms. The van der Waals surface area contributed by atoms with Gasteiger partial charge in [-0.3, -0.25) is 0 Å². The lowest BCUT2D eigenvalue weighted by Crippen LogP contribution is -2.29. The van der Waals surface area contributed by atoms with Crippen LogP contribution >= 0.6 is 0 Å². The lowest BCUT2D eigenvalue weighted by atomic mass is 9.80. The van der Waals surface area contributed by atoms with Crippen LogP contribution in [0.3, 0.4) is 0 Å². The zero-order valence-corrected chi connectivity index (χ0v) is 11.3. The highest BCUT2D eigenvalue weighted by Crippen LogP contribution is 2.16. The van der Waals surface area contributed by atoms with E-state index in [0.29, 0.717) is 5.46 Å². The maximum Gasteiger partial charge on any atom is 0.488 e. The fourth-order valence-corrected chi connectivity index (χ4v) is 1.88. The minimum atomic E-state index is -1.41. The summed E-state index contributed by atoms with van der Waals surface area (Å²) in [5.41, 5.74) is 0.487. The second-order valence-electron chi connectivity index (χ2n) is 4.59. The molecule has 0 radical (unpaired) electrons. The van der Waals surface area contributed by atoms with E-state index in [2.05, 4.69) is 13.8 Å². The molecule has 1 atom stereocenters. The van der Waals surface area contributed by atoms with Crippen LogP contribution in [0.4, 0.5) is 0 Å². The average Bonchev–Trinajstić information content (AvgIpc) is 2.38. The van der Waals surface area contributed by atoms with Crippen molar-refractivity contribution in [2.45, 2.75) is 52.1 Å². The van der Waals surface area contributed by atoms with Gasteiger partial charge in [0.1, 0.15) is 5.75 Å². The third kappa shape index (κ3) is 5.11. The van der Waals surface area contributed by atoms with Crippen molar-refractivity contribution in [3.05, 3.63) is 24.3 Å². The topological polar surface area (TPSA) is 49.7 Å². The molecule has 0 bridgehead atoms. The summed E-state index contributed by atoms with van der Waals surface area (Å²) in [6.45, 7) is 4.32. The highest BCUT2D eigenvalue weighted by atomic mass is 16.5. The zero-order chi connectivity index (χ0) is 13.4. The maximum absolute atomic E-state index is 9.00. The van der Waals surface area contributed by atoms with Gasteiger partial charge in [-0.15, -0.1) is 0 Å². The molecule has 0 amide bonds. The minimum Gasteiger partial charge on any atom is -0.490 e. The second-order valence-corrected chi connectivity index (χ2v) is 4.59. The Morgan fingerprint density at radius 1 is 1.11 bits per heavy atom. The molecule has 0 saturated heterocycles. The monoisotopic (exact) mass is 250 g/mol. The van der Waals surface area contributed by atoms with Crippen LogP contribution in [0.1, 0.15) is 46.0 Å². The predicted octanol–water partition coefficient (Wildman–Crippen LogP) is 2.10. The summed E-state index contributed by atoms with van der Waals surface area (Å²) in [6.07, 6.45) is 5.99. The van der Waals surface area contributed by atoms with Crippen molar-refractivity contribution in [1.29, 1.82) is 0 Å². The Hall–Kier alpha value is -0.995. The molecular formula is C14H23BO3. The molecule has 1 aromatic carbocycles. The Kier molecular flexibility index (Phi) is 6.84. The molecule has 0 aliphatic rings. The van der Waals surface area contributed by atoms with E-state index >= 15 is 0 Å². The van der Waals surface area contributed by atoms with E-state index < -0.39 is 7.12 Å². The van der Waals surface area contributed by atoms with Crippen LogP contribution in [-0.2, 0) is 0 Å². The lowest BCUT2D eigenvalue weighted by Gasteiger charge is -2.17. The molecule has 1 aromatic rings. The maximum atomic E-state index is 9.00. The molecule has 0 spiro atoms. The average molecular weight is 250 g/mol. The highest BCUT2D eigenvalue weighted by Gasteiger charge is 2.11. The number of hydrogen-bond acceptors (Lipinski definition) is 3. The van der Waals surface area contributed by atoms with Crippen LogP contribution in [0.5, 0.6) is 5.75 Å². The highest BCUT2D eigenvalue weighted by molar-refractivity contribution is 6.58. The zero-order valence-electron chi connectivity index (χ0n) is 11.3. The molecule has 0 heterocycles. The van der Waals surface area contributed by atoms with Gasteiger partial charge >= 0.3 is 7.12 Å². The van der Waals surface area contributed by atoms with Crippen LogP contribution in [0, 0.1) is 0 Å². The summed E-state index contributed by atoms with van der Waals surface area (Å²) < 4.78 is 5.88. The Morgan fingerprint density at radius 2 is 1.78 bits per heavy atom. The van der Waals surface area contributed by atoms with Gasteiger partial charge in [-0.25, -0.2) is 0 Å². The van der Waals surface area contributed by atoms with E-state index in [1.165, 1.54) is 19.3 Å². The first-order chi connectivity index (χ1) is 8.67. The van der Waals surface area contributed by atoms with Gasteiger partial charge in [0.25, 0.3) is 0 Å². The number of unbranched alkanes of at least 4 members (excludes halogenated alkanes) is 2. The second kappa shape index (κ2) is 8.17. The first kappa shape index (κ1) is 15.1. The van der Waals surface area contributed by atoms with E-state index in [1.54, 1.807) is 24.3 Å². The van der Waals surface area contributed by atoms with Crippen molar-refractivity contribution in [2.24, 2.45) is 0 Å². The Bertz CT molecular complexity index is 324. The molecule has 2 N–H and O–H groups in total. The first-order valence-electron chi connectivity index (χ1n) is 6.80. The smallest absolute Gasteiger partial charge is 0.488 e. The van der Waals surface area contributed by atoms with Crippen molar-refractivity contribution in [2.75, 3.05) is 0 Å². The van der Waals surface area contributed by atoms with Gasteiger partial charge in [-0.1, -0.05) is 38.8 Å². The van der Waals surface area contributed by atoms with Gasteiger partial charge in [0, 0.05) is 0 Å². The summed E-state index contributed by atoms with van der Waals surface area (Å²) in [5.74, 6) is 0.794. The summed E-state index contributed by atoms with van der Waals surface area (Å²) in [5, 5.41) is 18.0. The Labute approximate surface area is 110 Å². The summed E-state index contributed by atoms with van der Waals surface area (Å²) >= 11 is 0. The Morgan fingerprint density at radius 3 is 2.28 bits per heavy atom. The fraction of sp³-hybridized carbons (Fsp3) is 0.571. The van der Waals surface area contributed by atoms with Crippen molar-refractivity contribution in [3.63, 3.8) is 0 Å². The first-order valence-corrected chi connectivity index (χ1v) is 6.80. The molecule has 0 aliphatic carbocycles. The lowest BCUT2D eigenvalue weighted by molar-refractivity contribution is 0.183. The van der Waals surface area contributed by atoms with Crippen molar-refractivity contribution < 1.29 is 14.8 Å². The molecule has 1 rings (SSSR count). The molecule has 18 heavy (non-hydrogen) atoms. The number of ether oxygens (including phenoxy) is 1. The van der Waals surface area contributed by atoms with Gasteiger partial charge in [0.2, 0.25) is 0 Å².